The van der Waals surface area contributed by atoms with Crippen molar-refractivity contribution in [2.45, 2.75) is 25.8 Å². The van der Waals surface area contributed by atoms with Gasteiger partial charge in [0, 0.05) is 11.8 Å². The fourth-order valence-corrected chi connectivity index (χ4v) is 2.63. The molecule has 3 N–H and O–H groups in total. The smallest absolute Gasteiger partial charge is 0.0710 e. The number of nitrogens with zero attached hydrogens (tertiary/aromatic N) is 2. The zero-order valence-electron chi connectivity index (χ0n) is 12.2. The molecule has 0 fully saturated rings. The van der Waals surface area contributed by atoms with Crippen LogP contribution < -0.4 is 11.3 Å². The number of rotatable bonds is 5. The molecule has 0 radical (unpaired) electrons. The number of pyridine rings is 1. The zero-order chi connectivity index (χ0) is 14.7. The maximum atomic E-state index is 5.77. The van der Waals surface area contributed by atoms with Crippen LogP contribution in [0, 0.1) is 0 Å². The molecule has 0 aliphatic heterocycles. The molecule has 21 heavy (non-hydrogen) atoms. The van der Waals surface area contributed by atoms with Gasteiger partial charge < -0.3 is 0 Å². The number of hydrogen-bond donors (Lipinski definition) is 2. The van der Waals surface area contributed by atoms with E-state index in [0.717, 1.165) is 23.9 Å². The van der Waals surface area contributed by atoms with Crippen molar-refractivity contribution < 1.29 is 0 Å². The van der Waals surface area contributed by atoms with Gasteiger partial charge in [-0.3, -0.25) is 11.3 Å². The van der Waals surface area contributed by atoms with Crippen LogP contribution in [0.25, 0.3) is 5.52 Å². The molecule has 0 saturated carbocycles. The molecule has 108 valence electrons. The topological polar surface area (TPSA) is 55.3 Å². The summed E-state index contributed by atoms with van der Waals surface area (Å²) in [4.78, 5) is 0. The molecule has 1 atom stereocenters. The van der Waals surface area contributed by atoms with Crippen LogP contribution in [0.3, 0.4) is 0 Å². The Labute approximate surface area is 124 Å². The highest BCUT2D eigenvalue weighted by atomic mass is 15.3. The fourth-order valence-electron chi connectivity index (χ4n) is 2.63. The van der Waals surface area contributed by atoms with Crippen molar-refractivity contribution in [3.05, 3.63) is 71.5 Å². The second kappa shape index (κ2) is 6.08. The molecule has 4 nitrogen and oxygen atoms in total. The van der Waals surface area contributed by atoms with Gasteiger partial charge in [0.1, 0.15) is 0 Å². The van der Waals surface area contributed by atoms with Gasteiger partial charge in [-0.1, -0.05) is 37.3 Å². The summed E-state index contributed by atoms with van der Waals surface area (Å²) in [6.07, 6.45) is 5.74. The molecule has 1 unspecified atom stereocenters. The molecule has 2 aromatic heterocycles. The Kier molecular flexibility index (Phi) is 3.99. The van der Waals surface area contributed by atoms with Gasteiger partial charge in [0.05, 0.1) is 17.8 Å². The average Bonchev–Trinajstić information content (AvgIpc) is 2.97. The first-order valence-electron chi connectivity index (χ1n) is 7.28. The molecular weight excluding hydrogens is 260 g/mol. The normalized spacial score (nSPS) is 12.7. The molecule has 0 aliphatic carbocycles. The van der Waals surface area contributed by atoms with Crippen molar-refractivity contribution in [3.8, 4) is 0 Å². The Hall–Kier alpha value is -2.17. The van der Waals surface area contributed by atoms with Crippen LogP contribution in [0.4, 0.5) is 0 Å². The third kappa shape index (κ3) is 2.82. The molecule has 2 heterocycles. The van der Waals surface area contributed by atoms with Gasteiger partial charge in [0.2, 0.25) is 0 Å². The molecule has 0 spiro atoms. The van der Waals surface area contributed by atoms with Crippen LogP contribution in [0.2, 0.25) is 0 Å². The Morgan fingerprint density at radius 2 is 1.90 bits per heavy atom. The lowest BCUT2D eigenvalue weighted by molar-refractivity contribution is 0.555. The first kappa shape index (κ1) is 13.8. The highest BCUT2D eigenvalue weighted by Crippen LogP contribution is 2.22. The van der Waals surface area contributed by atoms with E-state index in [0.29, 0.717) is 0 Å². The van der Waals surface area contributed by atoms with Crippen LogP contribution in [0.15, 0.2) is 54.9 Å². The summed E-state index contributed by atoms with van der Waals surface area (Å²) >= 11 is 0. The molecule has 1 aromatic carbocycles. The monoisotopic (exact) mass is 280 g/mol. The lowest BCUT2D eigenvalue weighted by Crippen LogP contribution is -2.29. The SMILES string of the molecule is CCc1ccc(CC(NN)c2cnn3ccccc23)cc1. The highest BCUT2D eigenvalue weighted by molar-refractivity contribution is 5.55. The number of nitrogens with two attached hydrogens (primary N) is 1. The molecule has 0 bridgehead atoms. The quantitative estimate of drug-likeness (QED) is 0.558. The Morgan fingerprint density at radius 1 is 1.14 bits per heavy atom. The highest BCUT2D eigenvalue weighted by Gasteiger charge is 2.15. The molecule has 4 heteroatoms. The number of aromatic nitrogens is 2. The second-order valence-corrected chi connectivity index (χ2v) is 5.22. The summed E-state index contributed by atoms with van der Waals surface area (Å²) in [5.41, 5.74) is 7.75. The van der Waals surface area contributed by atoms with Crippen molar-refractivity contribution >= 4 is 5.52 Å². The van der Waals surface area contributed by atoms with Crippen LogP contribution in [-0.4, -0.2) is 9.61 Å². The number of aryl methyl sites for hydroxylation is 1. The molecule has 0 saturated heterocycles. The lowest BCUT2D eigenvalue weighted by Gasteiger charge is -2.15. The third-order valence-electron chi connectivity index (χ3n) is 3.90. The van der Waals surface area contributed by atoms with Crippen molar-refractivity contribution in [1.29, 1.82) is 0 Å². The van der Waals surface area contributed by atoms with E-state index >= 15 is 0 Å². The van der Waals surface area contributed by atoms with E-state index in [4.69, 9.17) is 5.84 Å². The van der Waals surface area contributed by atoms with Gasteiger partial charge in [-0.2, -0.15) is 5.10 Å². The standard InChI is InChI=1S/C17H20N4/c1-2-13-6-8-14(9-7-13)11-16(20-18)15-12-19-21-10-4-3-5-17(15)21/h3-10,12,16,20H,2,11,18H2,1H3. The molecule has 0 aliphatic rings. The Bertz CT molecular complexity index is 715. The maximum absolute atomic E-state index is 5.77. The summed E-state index contributed by atoms with van der Waals surface area (Å²) in [7, 11) is 0. The number of hydrogen-bond acceptors (Lipinski definition) is 3. The van der Waals surface area contributed by atoms with Gasteiger partial charge in [-0.25, -0.2) is 4.52 Å². The predicted molar refractivity (Wildman–Crippen MR) is 84.8 cm³/mol. The largest absolute Gasteiger partial charge is 0.271 e. The van der Waals surface area contributed by atoms with E-state index in [1.165, 1.54) is 11.1 Å². The Morgan fingerprint density at radius 3 is 2.62 bits per heavy atom. The van der Waals surface area contributed by atoms with E-state index < -0.39 is 0 Å². The van der Waals surface area contributed by atoms with E-state index in [1.54, 1.807) is 0 Å². The van der Waals surface area contributed by atoms with Crippen LogP contribution in [0.5, 0.6) is 0 Å². The number of nitrogens with one attached hydrogen (secondary N) is 1. The predicted octanol–water partition coefficient (Wildman–Crippen LogP) is 2.64. The molecule has 0 amide bonds. The first-order valence-corrected chi connectivity index (χ1v) is 7.28. The van der Waals surface area contributed by atoms with Crippen molar-refractivity contribution in [2.75, 3.05) is 0 Å². The van der Waals surface area contributed by atoms with E-state index in [2.05, 4.69) is 47.8 Å². The number of fused-ring (bicyclic) bond motifs is 1. The van der Waals surface area contributed by atoms with Crippen molar-refractivity contribution in [2.24, 2.45) is 5.84 Å². The summed E-state index contributed by atoms with van der Waals surface area (Å²) in [6, 6.07) is 14.8. The summed E-state index contributed by atoms with van der Waals surface area (Å²) in [6.45, 7) is 2.16. The second-order valence-electron chi connectivity index (χ2n) is 5.22. The van der Waals surface area contributed by atoms with Gasteiger partial charge in [0.25, 0.3) is 0 Å². The molecule has 3 rings (SSSR count). The van der Waals surface area contributed by atoms with E-state index in [1.807, 2.05) is 29.0 Å². The summed E-state index contributed by atoms with van der Waals surface area (Å²) in [5.74, 6) is 5.77. The van der Waals surface area contributed by atoms with Crippen LogP contribution in [-0.2, 0) is 12.8 Å². The van der Waals surface area contributed by atoms with Gasteiger partial charge in [-0.05, 0) is 36.1 Å². The fraction of sp³-hybridized carbons (Fsp3) is 0.235. The number of hydrazine groups is 1. The lowest BCUT2D eigenvalue weighted by atomic mass is 9.99. The van der Waals surface area contributed by atoms with Crippen molar-refractivity contribution in [1.82, 2.24) is 15.0 Å². The minimum Gasteiger partial charge on any atom is -0.271 e. The van der Waals surface area contributed by atoms with E-state index in [9.17, 15) is 0 Å². The third-order valence-corrected chi connectivity index (χ3v) is 3.90. The Balaban J connectivity index is 1.87. The molecular formula is C17H20N4. The average molecular weight is 280 g/mol. The first-order chi connectivity index (χ1) is 10.3. The summed E-state index contributed by atoms with van der Waals surface area (Å²) in [5, 5.41) is 4.38. The minimum absolute atomic E-state index is 0.0531. The zero-order valence-corrected chi connectivity index (χ0v) is 12.2. The van der Waals surface area contributed by atoms with Gasteiger partial charge in [-0.15, -0.1) is 0 Å². The van der Waals surface area contributed by atoms with Crippen LogP contribution in [0.1, 0.15) is 29.7 Å². The van der Waals surface area contributed by atoms with E-state index in [-0.39, 0.29) is 6.04 Å². The van der Waals surface area contributed by atoms with Gasteiger partial charge >= 0.3 is 0 Å². The van der Waals surface area contributed by atoms with Crippen LogP contribution >= 0.6 is 0 Å². The minimum atomic E-state index is 0.0531. The number of benzene rings is 1. The summed E-state index contributed by atoms with van der Waals surface area (Å²) < 4.78 is 1.87. The van der Waals surface area contributed by atoms with Crippen molar-refractivity contribution in [3.63, 3.8) is 0 Å². The molecule has 3 aromatic rings. The maximum Gasteiger partial charge on any atom is 0.0710 e. The van der Waals surface area contributed by atoms with Gasteiger partial charge in [0.15, 0.2) is 0 Å².